The number of carbonyl (C=O) groups excluding carboxylic acids is 1. The Kier molecular flexibility index (Phi) is 4.96. The Hall–Kier alpha value is -0.870. The van der Waals surface area contributed by atoms with Gasteiger partial charge in [0.2, 0.25) is 5.91 Å². The summed E-state index contributed by atoms with van der Waals surface area (Å²) < 4.78 is 0.895. The van der Waals surface area contributed by atoms with E-state index in [1.54, 1.807) is 0 Å². The van der Waals surface area contributed by atoms with Gasteiger partial charge in [-0.05, 0) is 53.5 Å². The molecule has 1 rings (SSSR count). The molecule has 1 aromatic rings. The zero-order chi connectivity index (χ0) is 12.1. The number of benzene rings is 1. The number of hydrogen-bond acceptors (Lipinski definition) is 2. The van der Waals surface area contributed by atoms with Gasteiger partial charge in [-0.15, -0.1) is 0 Å². The van der Waals surface area contributed by atoms with Gasteiger partial charge in [0.15, 0.2) is 0 Å². The van der Waals surface area contributed by atoms with Gasteiger partial charge in [-0.3, -0.25) is 4.79 Å². The number of hydrogen-bond donors (Lipinski definition) is 2. The van der Waals surface area contributed by atoms with Crippen LogP contribution >= 0.6 is 15.9 Å². The standard InChI is InChI=1S/C12H17BrN2O/c1-8-3-4-10(13)11(7-8)15-12(16)9(2)5-6-14/h3-4,7,9H,5-6,14H2,1-2H3,(H,15,16). The van der Waals surface area contributed by atoms with Crippen LogP contribution in [0.15, 0.2) is 22.7 Å². The summed E-state index contributed by atoms with van der Waals surface area (Å²) in [5, 5.41) is 2.89. The minimum atomic E-state index is -0.0580. The Morgan fingerprint density at radius 2 is 2.25 bits per heavy atom. The molecule has 0 saturated carbocycles. The van der Waals surface area contributed by atoms with Crippen LogP contribution in [0.5, 0.6) is 0 Å². The van der Waals surface area contributed by atoms with Crippen molar-refractivity contribution >= 4 is 27.5 Å². The van der Waals surface area contributed by atoms with Crippen molar-refractivity contribution < 1.29 is 4.79 Å². The van der Waals surface area contributed by atoms with Crippen LogP contribution < -0.4 is 11.1 Å². The van der Waals surface area contributed by atoms with Crippen molar-refractivity contribution in [2.24, 2.45) is 11.7 Å². The molecule has 0 saturated heterocycles. The summed E-state index contributed by atoms with van der Waals surface area (Å²) in [6.45, 7) is 4.40. The smallest absolute Gasteiger partial charge is 0.227 e. The molecule has 0 spiro atoms. The van der Waals surface area contributed by atoms with Crippen LogP contribution in [0.2, 0.25) is 0 Å². The Morgan fingerprint density at radius 3 is 2.88 bits per heavy atom. The summed E-state index contributed by atoms with van der Waals surface area (Å²) in [7, 11) is 0. The Balaban J connectivity index is 2.72. The Bertz CT molecular complexity index is 379. The van der Waals surface area contributed by atoms with E-state index in [9.17, 15) is 4.79 Å². The molecule has 1 amide bonds. The van der Waals surface area contributed by atoms with Crippen LogP contribution in [0.1, 0.15) is 18.9 Å². The summed E-state index contributed by atoms with van der Waals surface area (Å²) in [4.78, 5) is 11.8. The first-order valence-electron chi connectivity index (χ1n) is 5.31. The molecule has 88 valence electrons. The van der Waals surface area contributed by atoms with Crippen LogP contribution in [0.3, 0.4) is 0 Å². The number of anilines is 1. The predicted molar refractivity (Wildman–Crippen MR) is 70.3 cm³/mol. The van der Waals surface area contributed by atoms with Gasteiger partial charge < -0.3 is 11.1 Å². The van der Waals surface area contributed by atoms with E-state index in [0.717, 1.165) is 15.7 Å². The van der Waals surface area contributed by atoms with Crippen molar-refractivity contribution in [3.8, 4) is 0 Å². The zero-order valence-corrected chi connectivity index (χ0v) is 11.2. The van der Waals surface area contributed by atoms with Gasteiger partial charge in [-0.1, -0.05) is 13.0 Å². The molecule has 0 bridgehead atoms. The fraction of sp³-hybridized carbons (Fsp3) is 0.417. The number of nitrogens with two attached hydrogens (primary N) is 1. The maximum absolute atomic E-state index is 11.8. The lowest BCUT2D eigenvalue weighted by Gasteiger charge is -2.12. The third kappa shape index (κ3) is 3.61. The zero-order valence-electron chi connectivity index (χ0n) is 9.59. The number of aryl methyl sites for hydroxylation is 1. The number of rotatable bonds is 4. The van der Waals surface area contributed by atoms with E-state index in [1.165, 1.54) is 0 Å². The Morgan fingerprint density at radius 1 is 1.56 bits per heavy atom. The molecule has 1 unspecified atom stereocenters. The first kappa shape index (κ1) is 13.2. The van der Waals surface area contributed by atoms with E-state index in [1.807, 2.05) is 32.0 Å². The van der Waals surface area contributed by atoms with Crippen molar-refractivity contribution in [3.05, 3.63) is 28.2 Å². The van der Waals surface area contributed by atoms with Crippen LogP contribution in [-0.2, 0) is 4.79 Å². The summed E-state index contributed by atoms with van der Waals surface area (Å²) in [5.41, 5.74) is 7.35. The largest absolute Gasteiger partial charge is 0.330 e. The minimum absolute atomic E-state index is 0.0109. The van der Waals surface area contributed by atoms with Gasteiger partial charge in [0, 0.05) is 10.4 Å². The van der Waals surface area contributed by atoms with E-state index in [-0.39, 0.29) is 11.8 Å². The number of amides is 1. The van der Waals surface area contributed by atoms with Crippen LogP contribution in [-0.4, -0.2) is 12.5 Å². The molecule has 3 N–H and O–H groups in total. The molecule has 0 aliphatic rings. The van der Waals surface area contributed by atoms with Crippen molar-refractivity contribution in [1.29, 1.82) is 0 Å². The maximum Gasteiger partial charge on any atom is 0.227 e. The van der Waals surface area contributed by atoms with Crippen molar-refractivity contribution in [1.82, 2.24) is 0 Å². The summed E-state index contributed by atoms with van der Waals surface area (Å²) in [5.74, 6) is -0.0471. The number of halogens is 1. The maximum atomic E-state index is 11.8. The lowest BCUT2D eigenvalue weighted by molar-refractivity contribution is -0.119. The highest BCUT2D eigenvalue weighted by Crippen LogP contribution is 2.24. The lowest BCUT2D eigenvalue weighted by atomic mass is 10.1. The molecule has 0 aliphatic heterocycles. The number of nitrogens with one attached hydrogen (secondary N) is 1. The minimum Gasteiger partial charge on any atom is -0.330 e. The molecule has 0 fully saturated rings. The average molecular weight is 285 g/mol. The van der Waals surface area contributed by atoms with Crippen LogP contribution in [0, 0.1) is 12.8 Å². The second-order valence-corrected chi connectivity index (χ2v) is 4.81. The normalized spacial score (nSPS) is 12.2. The van der Waals surface area contributed by atoms with Crippen molar-refractivity contribution in [3.63, 3.8) is 0 Å². The molecule has 0 radical (unpaired) electrons. The molecule has 3 nitrogen and oxygen atoms in total. The molecular formula is C12H17BrN2O. The second kappa shape index (κ2) is 6.01. The first-order valence-corrected chi connectivity index (χ1v) is 6.11. The first-order chi connectivity index (χ1) is 7.54. The van der Waals surface area contributed by atoms with Gasteiger partial charge in [-0.2, -0.15) is 0 Å². The van der Waals surface area contributed by atoms with Crippen molar-refractivity contribution in [2.45, 2.75) is 20.3 Å². The summed E-state index contributed by atoms with van der Waals surface area (Å²) >= 11 is 3.41. The molecular weight excluding hydrogens is 268 g/mol. The van der Waals surface area contributed by atoms with Gasteiger partial charge in [0.25, 0.3) is 0 Å². The fourth-order valence-corrected chi connectivity index (χ4v) is 1.72. The molecule has 0 aliphatic carbocycles. The molecule has 1 atom stereocenters. The second-order valence-electron chi connectivity index (χ2n) is 3.95. The molecule has 0 heterocycles. The van der Waals surface area contributed by atoms with E-state index < -0.39 is 0 Å². The summed E-state index contributed by atoms with van der Waals surface area (Å²) in [6, 6.07) is 5.86. The van der Waals surface area contributed by atoms with E-state index in [0.29, 0.717) is 13.0 Å². The van der Waals surface area contributed by atoms with E-state index in [2.05, 4.69) is 21.2 Å². The van der Waals surface area contributed by atoms with E-state index >= 15 is 0 Å². The van der Waals surface area contributed by atoms with Crippen LogP contribution in [0.4, 0.5) is 5.69 Å². The predicted octanol–water partition coefficient (Wildman–Crippen LogP) is 2.68. The molecule has 16 heavy (non-hydrogen) atoms. The monoisotopic (exact) mass is 284 g/mol. The molecule has 1 aromatic carbocycles. The lowest BCUT2D eigenvalue weighted by Crippen LogP contribution is -2.22. The highest BCUT2D eigenvalue weighted by atomic mass is 79.9. The summed E-state index contributed by atoms with van der Waals surface area (Å²) in [6.07, 6.45) is 0.704. The third-order valence-corrected chi connectivity index (χ3v) is 3.12. The van der Waals surface area contributed by atoms with Crippen molar-refractivity contribution in [2.75, 3.05) is 11.9 Å². The molecule has 0 aromatic heterocycles. The third-order valence-electron chi connectivity index (χ3n) is 2.43. The highest BCUT2D eigenvalue weighted by Gasteiger charge is 2.13. The van der Waals surface area contributed by atoms with Crippen LogP contribution in [0.25, 0.3) is 0 Å². The Labute approximate surface area is 105 Å². The average Bonchev–Trinajstić information content (AvgIpc) is 2.23. The quantitative estimate of drug-likeness (QED) is 0.893. The SMILES string of the molecule is Cc1ccc(Br)c(NC(=O)C(C)CCN)c1. The highest BCUT2D eigenvalue weighted by molar-refractivity contribution is 9.10. The number of carbonyl (C=O) groups is 1. The van der Waals surface area contributed by atoms with E-state index in [4.69, 9.17) is 5.73 Å². The van der Waals surface area contributed by atoms with Gasteiger partial charge in [0.05, 0.1) is 5.69 Å². The fourth-order valence-electron chi connectivity index (χ4n) is 1.37. The molecule has 4 heteroatoms. The van der Waals surface area contributed by atoms with Gasteiger partial charge in [-0.25, -0.2) is 0 Å². The van der Waals surface area contributed by atoms with Gasteiger partial charge >= 0.3 is 0 Å². The van der Waals surface area contributed by atoms with Gasteiger partial charge in [0.1, 0.15) is 0 Å². The topological polar surface area (TPSA) is 55.1 Å².